The van der Waals surface area contributed by atoms with Crippen LogP contribution in [0.1, 0.15) is 16.7 Å². The van der Waals surface area contributed by atoms with Crippen molar-refractivity contribution in [2.24, 2.45) is 0 Å². The summed E-state index contributed by atoms with van der Waals surface area (Å²) in [7, 11) is 0. The van der Waals surface area contributed by atoms with Crippen LogP contribution >= 0.6 is 0 Å². The third-order valence-electron chi connectivity index (χ3n) is 7.59. The van der Waals surface area contributed by atoms with Gasteiger partial charge in [-0.15, -0.1) is 0 Å². The number of benzene rings is 5. The molecule has 0 aliphatic rings. The number of halogens is 15. The first-order valence-corrected chi connectivity index (χ1v) is 16.9. The zero-order chi connectivity index (χ0) is 37.5. The molecule has 0 spiro atoms. The molecule has 0 saturated carbocycles. The van der Waals surface area contributed by atoms with Crippen LogP contribution in [-0.2, 0) is 6.42 Å². The molecule has 0 amide bonds. The van der Waals surface area contributed by atoms with Gasteiger partial charge in [-0.05, 0) is 0 Å². The van der Waals surface area contributed by atoms with Gasteiger partial charge in [0.25, 0.3) is 0 Å². The standard InChI is InChI=1S/C34H14BF15Te/c36-19-15(20(37)26(43)31(48)25(19)42)16(34(14-9-5-2-6-10-14)51-12-11-13-7-3-1-4-8-13)35(17-21(38)27(44)32(49)28(45)22(17)39)18-23(40)29(46)33(50)30(47)24(18)41/h1-10H,11-12H2/b34-16+. The van der Waals surface area contributed by atoms with Crippen LogP contribution in [0.25, 0.3) is 9.09 Å². The second kappa shape index (κ2) is 15.1. The Hall–Kier alpha value is -4.36. The predicted octanol–water partition coefficient (Wildman–Crippen LogP) is 8.86. The van der Waals surface area contributed by atoms with Crippen LogP contribution in [0, 0.1) is 87.3 Å². The zero-order valence-corrected chi connectivity index (χ0v) is 27.2. The van der Waals surface area contributed by atoms with Gasteiger partial charge < -0.3 is 0 Å². The summed E-state index contributed by atoms with van der Waals surface area (Å²) in [5.41, 5.74) is -8.42. The van der Waals surface area contributed by atoms with Gasteiger partial charge in [-0.3, -0.25) is 0 Å². The van der Waals surface area contributed by atoms with Crippen molar-refractivity contribution in [1.82, 2.24) is 0 Å². The summed E-state index contributed by atoms with van der Waals surface area (Å²) in [4.78, 5) is 0. The second-order valence-corrected chi connectivity index (χ2v) is 13.7. The minimum atomic E-state index is -3.63. The summed E-state index contributed by atoms with van der Waals surface area (Å²) in [6, 6.07) is 14.0. The Morgan fingerprint density at radius 1 is 0.412 bits per heavy atom. The number of hydrogen-bond acceptors (Lipinski definition) is 0. The van der Waals surface area contributed by atoms with E-state index >= 15 is 26.3 Å². The number of rotatable bonds is 9. The average Bonchev–Trinajstić information content (AvgIpc) is 3.14. The van der Waals surface area contributed by atoms with Crippen molar-refractivity contribution < 1.29 is 65.9 Å². The third kappa shape index (κ3) is 6.73. The molecule has 17 heteroatoms. The van der Waals surface area contributed by atoms with Crippen molar-refractivity contribution >= 4 is 47.7 Å². The monoisotopic (exact) mass is 848 g/mol. The topological polar surface area (TPSA) is 0 Å². The van der Waals surface area contributed by atoms with E-state index in [1.165, 1.54) is 18.2 Å². The molecule has 51 heavy (non-hydrogen) atoms. The van der Waals surface area contributed by atoms with Crippen LogP contribution in [0.5, 0.6) is 0 Å². The van der Waals surface area contributed by atoms with Crippen LogP contribution in [-0.4, -0.2) is 27.6 Å². The molecule has 0 aliphatic carbocycles. The zero-order valence-electron chi connectivity index (χ0n) is 24.8. The van der Waals surface area contributed by atoms with E-state index in [1.54, 1.807) is 30.3 Å². The maximum absolute atomic E-state index is 15.8. The summed E-state index contributed by atoms with van der Waals surface area (Å²) in [6.45, 7) is -3.63. The molecule has 5 aromatic rings. The molecule has 5 rings (SSSR count). The van der Waals surface area contributed by atoms with Gasteiger partial charge in [0.2, 0.25) is 0 Å². The van der Waals surface area contributed by atoms with E-state index < -0.39 is 140 Å². The number of aryl methyl sites for hydroxylation is 1. The molecule has 0 nitrogen and oxygen atoms in total. The molecule has 5 aromatic carbocycles. The van der Waals surface area contributed by atoms with Crippen LogP contribution in [0.15, 0.2) is 60.7 Å². The van der Waals surface area contributed by atoms with E-state index in [0.29, 0.717) is 5.56 Å². The van der Waals surface area contributed by atoms with Gasteiger partial charge in [0.15, 0.2) is 0 Å². The first-order chi connectivity index (χ1) is 24.1. The van der Waals surface area contributed by atoms with Crippen molar-refractivity contribution in [3.63, 3.8) is 0 Å². The SMILES string of the molecule is Fc1c(F)c(F)c(B(/C(=C(/[Te]CCc2ccccc2)c2ccccc2)c2c(F)c(F)c(F)c(F)c2F)c2c(F)c(F)c(F)c(F)c2F)c(F)c1F. The summed E-state index contributed by atoms with van der Waals surface area (Å²) in [5.74, 6) is -42.9. The van der Waals surface area contributed by atoms with Gasteiger partial charge in [-0.2, -0.15) is 0 Å². The van der Waals surface area contributed by atoms with Gasteiger partial charge in [0.05, 0.1) is 0 Å². The fraction of sp³-hybridized carbons (Fsp3) is 0.0588. The van der Waals surface area contributed by atoms with E-state index in [9.17, 15) is 39.5 Å². The summed E-state index contributed by atoms with van der Waals surface area (Å²) < 4.78 is 225. The predicted molar refractivity (Wildman–Crippen MR) is 158 cm³/mol. The Labute approximate surface area is 288 Å². The summed E-state index contributed by atoms with van der Waals surface area (Å²) in [6.07, 6.45) is 0.0829. The summed E-state index contributed by atoms with van der Waals surface area (Å²) in [5, 5.41) is 0. The molecule has 0 heterocycles. The van der Waals surface area contributed by atoms with Crippen molar-refractivity contribution in [3.05, 3.63) is 165 Å². The van der Waals surface area contributed by atoms with Crippen LogP contribution < -0.4 is 10.9 Å². The molecule has 0 aliphatic heterocycles. The van der Waals surface area contributed by atoms with Gasteiger partial charge in [-0.25, -0.2) is 0 Å². The minimum absolute atomic E-state index is 0.0829. The number of hydrogen-bond donors (Lipinski definition) is 0. The Bertz CT molecular complexity index is 2030. The quantitative estimate of drug-likeness (QED) is 0.0458. The average molecular weight is 846 g/mol. The third-order valence-corrected chi connectivity index (χ3v) is 10.9. The van der Waals surface area contributed by atoms with Crippen molar-refractivity contribution in [1.29, 1.82) is 0 Å². The molecule has 0 saturated heterocycles. The van der Waals surface area contributed by atoms with Crippen molar-refractivity contribution in [2.75, 3.05) is 0 Å². The molecule has 0 bridgehead atoms. The molecular formula is C34H14BF15Te. The summed E-state index contributed by atoms with van der Waals surface area (Å²) >= 11 is -2.32. The van der Waals surface area contributed by atoms with Gasteiger partial charge in [0, 0.05) is 0 Å². The van der Waals surface area contributed by atoms with E-state index in [4.69, 9.17) is 0 Å². The first-order valence-electron chi connectivity index (χ1n) is 14.1. The van der Waals surface area contributed by atoms with Crippen LogP contribution in [0.3, 0.4) is 0 Å². The second-order valence-electron chi connectivity index (χ2n) is 10.5. The van der Waals surface area contributed by atoms with Gasteiger partial charge >= 0.3 is 289 Å². The van der Waals surface area contributed by atoms with E-state index in [0.717, 1.165) is 12.1 Å². The van der Waals surface area contributed by atoms with E-state index in [2.05, 4.69) is 0 Å². The van der Waals surface area contributed by atoms with E-state index in [-0.39, 0.29) is 16.5 Å². The molecule has 0 unspecified atom stereocenters. The fourth-order valence-electron chi connectivity index (χ4n) is 5.24. The molecule has 0 N–H and O–H groups in total. The molecule has 264 valence electrons. The molecule has 0 atom stereocenters. The fourth-order valence-corrected chi connectivity index (χ4v) is 8.72. The van der Waals surface area contributed by atoms with Crippen molar-refractivity contribution in [3.8, 4) is 0 Å². The Morgan fingerprint density at radius 3 is 1.14 bits per heavy atom. The molecule has 0 radical (unpaired) electrons. The Morgan fingerprint density at radius 2 is 0.745 bits per heavy atom. The van der Waals surface area contributed by atoms with Gasteiger partial charge in [0.1, 0.15) is 0 Å². The van der Waals surface area contributed by atoms with Crippen LogP contribution in [0.4, 0.5) is 65.9 Å². The Kier molecular flexibility index (Phi) is 11.2. The maximum atomic E-state index is 15.8. The van der Waals surface area contributed by atoms with Crippen molar-refractivity contribution in [2.45, 2.75) is 10.9 Å². The first kappa shape index (κ1) is 37.9. The van der Waals surface area contributed by atoms with Crippen LogP contribution in [0.2, 0.25) is 4.47 Å². The molecular weight excluding hydrogens is 832 g/mol. The van der Waals surface area contributed by atoms with Gasteiger partial charge in [-0.1, -0.05) is 0 Å². The molecule has 0 fully saturated rings. The van der Waals surface area contributed by atoms with E-state index in [1.807, 2.05) is 0 Å². The Balaban J connectivity index is 2.07. The molecule has 0 aromatic heterocycles. The normalized spacial score (nSPS) is 12.0.